The standard InChI is InChI=1S/C14H12N2O3/c1-8-3-2-4-9-10(8)7-11(12(9)17)16-6-5-15-13(16)14(18)19/h2-6,11H,7H2,1H3,(H,18,19). The number of carboxylic acid groups (broad SMARTS) is 1. The van der Waals surface area contributed by atoms with E-state index in [-0.39, 0.29) is 11.6 Å². The number of carboxylic acids is 1. The maximum absolute atomic E-state index is 12.4. The van der Waals surface area contributed by atoms with Crippen LogP contribution < -0.4 is 0 Å². The van der Waals surface area contributed by atoms with Crippen LogP contribution in [0.3, 0.4) is 0 Å². The average molecular weight is 256 g/mol. The van der Waals surface area contributed by atoms with Crippen LogP contribution in [0.2, 0.25) is 0 Å². The number of aromatic carboxylic acids is 1. The zero-order valence-corrected chi connectivity index (χ0v) is 10.3. The number of fused-ring (bicyclic) bond motifs is 1. The third-order valence-electron chi connectivity index (χ3n) is 3.57. The molecule has 3 rings (SSSR count). The topological polar surface area (TPSA) is 72.2 Å². The Morgan fingerprint density at radius 2 is 2.26 bits per heavy atom. The molecule has 1 aliphatic rings. The van der Waals surface area contributed by atoms with Crippen molar-refractivity contribution >= 4 is 11.8 Å². The Kier molecular flexibility index (Phi) is 2.48. The van der Waals surface area contributed by atoms with Gasteiger partial charge in [-0.2, -0.15) is 0 Å². The summed E-state index contributed by atoms with van der Waals surface area (Å²) in [5.41, 5.74) is 2.75. The van der Waals surface area contributed by atoms with Gasteiger partial charge in [0.05, 0.1) is 0 Å². The number of nitrogens with zero attached hydrogens (tertiary/aromatic N) is 2. The summed E-state index contributed by atoms with van der Waals surface area (Å²) in [6, 6.07) is 5.10. The molecule has 0 saturated carbocycles. The number of ketones is 1. The number of benzene rings is 1. The summed E-state index contributed by atoms with van der Waals surface area (Å²) in [4.78, 5) is 27.3. The normalized spacial score (nSPS) is 17.5. The molecule has 1 aromatic carbocycles. The molecule has 0 amide bonds. The van der Waals surface area contributed by atoms with Crippen molar-refractivity contribution in [3.05, 3.63) is 53.1 Å². The van der Waals surface area contributed by atoms with E-state index in [4.69, 9.17) is 5.11 Å². The molecule has 1 aromatic heterocycles. The molecular formula is C14H12N2O3. The fourth-order valence-electron chi connectivity index (χ4n) is 2.62. The van der Waals surface area contributed by atoms with Crippen molar-refractivity contribution in [2.24, 2.45) is 0 Å². The van der Waals surface area contributed by atoms with Gasteiger partial charge in [-0.15, -0.1) is 0 Å². The van der Waals surface area contributed by atoms with Crippen molar-refractivity contribution in [3.8, 4) is 0 Å². The van der Waals surface area contributed by atoms with Crippen LogP contribution in [0.1, 0.15) is 38.1 Å². The van der Waals surface area contributed by atoms with Crippen molar-refractivity contribution < 1.29 is 14.7 Å². The highest BCUT2D eigenvalue weighted by molar-refractivity contribution is 6.04. The Morgan fingerprint density at radius 1 is 1.47 bits per heavy atom. The van der Waals surface area contributed by atoms with Crippen molar-refractivity contribution in [2.75, 3.05) is 0 Å². The van der Waals surface area contributed by atoms with Crippen LogP contribution in [0, 0.1) is 6.92 Å². The predicted molar refractivity (Wildman–Crippen MR) is 67.4 cm³/mol. The second-order valence-corrected chi connectivity index (χ2v) is 4.65. The molecule has 0 saturated heterocycles. The fourth-order valence-corrected chi connectivity index (χ4v) is 2.62. The molecule has 96 valence electrons. The van der Waals surface area contributed by atoms with Gasteiger partial charge in [-0.25, -0.2) is 9.78 Å². The van der Waals surface area contributed by atoms with E-state index >= 15 is 0 Å². The number of rotatable bonds is 2. The number of carbonyl (C=O) groups excluding carboxylic acids is 1. The van der Waals surface area contributed by atoms with Gasteiger partial charge in [-0.1, -0.05) is 18.2 Å². The number of carbonyl (C=O) groups is 2. The number of imidazole rings is 1. The first kappa shape index (κ1) is 11.6. The molecule has 1 aliphatic carbocycles. The molecule has 2 aromatic rings. The molecular weight excluding hydrogens is 244 g/mol. The Balaban J connectivity index is 2.07. The first-order valence-corrected chi connectivity index (χ1v) is 5.98. The monoisotopic (exact) mass is 256 g/mol. The SMILES string of the molecule is Cc1cccc2c1CC(n1ccnc1C(=O)O)C2=O. The van der Waals surface area contributed by atoms with Crippen LogP contribution in [-0.2, 0) is 6.42 Å². The summed E-state index contributed by atoms with van der Waals surface area (Å²) in [5, 5.41) is 9.08. The third kappa shape index (κ3) is 1.66. The number of Topliss-reactive ketones (excluding diaryl/α,β-unsaturated/α-hetero) is 1. The molecule has 0 aliphatic heterocycles. The molecule has 5 heteroatoms. The zero-order valence-electron chi connectivity index (χ0n) is 10.3. The molecule has 0 bridgehead atoms. The van der Waals surface area contributed by atoms with E-state index in [0.29, 0.717) is 12.0 Å². The van der Waals surface area contributed by atoms with Crippen molar-refractivity contribution in [1.29, 1.82) is 0 Å². The first-order valence-electron chi connectivity index (χ1n) is 5.98. The van der Waals surface area contributed by atoms with Crippen LogP contribution in [-0.4, -0.2) is 26.4 Å². The van der Waals surface area contributed by atoms with Crippen LogP contribution in [0.15, 0.2) is 30.6 Å². The van der Waals surface area contributed by atoms with E-state index in [1.807, 2.05) is 19.1 Å². The molecule has 0 radical (unpaired) electrons. The molecule has 5 nitrogen and oxygen atoms in total. The van der Waals surface area contributed by atoms with E-state index in [1.165, 1.54) is 10.8 Å². The number of aryl methyl sites for hydroxylation is 1. The van der Waals surface area contributed by atoms with Crippen LogP contribution >= 0.6 is 0 Å². The second kappa shape index (κ2) is 4.05. The Morgan fingerprint density at radius 3 is 2.95 bits per heavy atom. The van der Waals surface area contributed by atoms with E-state index in [0.717, 1.165) is 11.1 Å². The highest BCUT2D eigenvalue weighted by atomic mass is 16.4. The fraction of sp³-hybridized carbons (Fsp3) is 0.214. The average Bonchev–Trinajstić information content (AvgIpc) is 2.95. The molecule has 0 fully saturated rings. The lowest BCUT2D eigenvalue weighted by Gasteiger charge is -2.11. The van der Waals surface area contributed by atoms with Crippen LogP contribution in [0.25, 0.3) is 0 Å². The maximum atomic E-state index is 12.4. The summed E-state index contributed by atoms with van der Waals surface area (Å²) in [5.74, 6) is -1.26. The minimum Gasteiger partial charge on any atom is -0.475 e. The van der Waals surface area contributed by atoms with Gasteiger partial charge in [0.1, 0.15) is 6.04 Å². The lowest BCUT2D eigenvalue weighted by atomic mass is 10.1. The van der Waals surface area contributed by atoms with Gasteiger partial charge < -0.3 is 9.67 Å². The van der Waals surface area contributed by atoms with Gasteiger partial charge in [0.25, 0.3) is 0 Å². The van der Waals surface area contributed by atoms with Crippen molar-refractivity contribution in [3.63, 3.8) is 0 Å². The lowest BCUT2D eigenvalue weighted by molar-refractivity contribution is 0.0675. The third-order valence-corrected chi connectivity index (χ3v) is 3.57. The minimum atomic E-state index is -1.12. The van der Waals surface area contributed by atoms with E-state index in [1.54, 1.807) is 12.3 Å². The van der Waals surface area contributed by atoms with Crippen molar-refractivity contribution in [2.45, 2.75) is 19.4 Å². The molecule has 1 N–H and O–H groups in total. The highest BCUT2D eigenvalue weighted by Crippen LogP contribution is 2.32. The maximum Gasteiger partial charge on any atom is 0.372 e. The lowest BCUT2D eigenvalue weighted by Crippen LogP contribution is -2.20. The van der Waals surface area contributed by atoms with E-state index < -0.39 is 12.0 Å². The summed E-state index contributed by atoms with van der Waals surface area (Å²) < 4.78 is 1.45. The van der Waals surface area contributed by atoms with Gasteiger partial charge in [-0.3, -0.25) is 4.79 Å². The zero-order chi connectivity index (χ0) is 13.6. The van der Waals surface area contributed by atoms with Gasteiger partial charge in [0, 0.05) is 24.4 Å². The number of hydrogen-bond donors (Lipinski definition) is 1. The summed E-state index contributed by atoms with van der Waals surface area (Å²) in [6.45, 7) is 1.96. The quantitative estimate of drug-likeness (QED) is 0.890. The van der Waals surface area contributed by atoms with Gasteiger partial charge in [-0.05, 0) is 18.1 Å². The Hall–Kier alpha value is -2.43. The second-order valence-electron chi connectivity index (χ2n) is 4.65. The number of aromatic nitrogens is 2. The number of hydrogen-bond acceptors (Lipinski definition) is 3. The smallest absolute Gasteiger partial charge is 0.372 e. The summed E-state index contributed by atoms with van der Waals surface area (Å²) in [6.07, 6.45) is 3.48. The molecule has 1 heterocycles. The van der Waals surface area contributed by atoms with Crippen molar-refractivity contribution in [1.82, 2.24) is 9.55 Å². The van der Waals surface area contributed by atoms with Gasteiger partial charge in [0.2, 0.25) is 5.82 Å². The Labute approximate surface area is 109 Å². The first-order chi connectivity index (χ1) is 9.09. The Bertz CT molecular complexity index is 688. The minimum absolute atomic E-state index is 0.0424. The highest BCUT2D eigenvalue weighted by Gasteiger charge is 2.34. The summed E-state index contributed by atoms with van der Waals surface area (Å²) in [7, 11) is 0. The molecule has 1 unspecified atom stereocenters. The molecule has 1 atom stereocenters. The molecule has 19 heavy (non-hydrogen) atoms. The van der Waals surface area contributed by atoms with Crippen LogP contribution in [0.5, 0.6) is 0 Å². The van der Waals surface area contributed by atoms with E-state index in [2.05, 4.69) is 4.98 Å². The van der Waals surface area contributed by atoms with E-state index in [9.17, 15) is 9.59 Å². The summed E-state index contributed by atoms with van der Waals surface area (Å²) >= 11 is 0. The van der Waals surface area contributed by atoms with Gasteiger partial charge in [0.15, 0.2) is 5.78 Å². The largest absolute Gasteiger partial charge is 0.475 e. The van der Waals surface area contributed by atoms with Gasteiger partial charge >= 0.3 is 5.97 Å². The predicted octanol–water partition coefficient (Wildman–Crippen LogP) is 1.87. The van der Waals surface area contributed by atoms with Crippen LogP contribution in [0.4, 0.5) is 0 Å². The molecule has 0 spiro atoms.